The van der Waals surface area contributed by atoms with Crippen LogP contribution in [0.5, 0.6) is 0 Å². The van der Waals surface area contributed by atoms with Gasteiger partial charge < -0.3 is 15.1 Å². The summed E-state index contributed by atoms with van der Waals surface area (Å²) < 4.78 is 13.9. The van der Waals surface area contributed by atoms with Crippen molar-refractivity contribution in [1.29, 1.82) is 0 Å². The van der Waals surface area contributed by atoms with Crippen LogP contribution in [0.2, 0.25) is 0 Å². The highest BCUT2D eigenvalue weighted by Crippen LogP contribution is 2.89. The van der Waals surface area contributed by atoms with E-state index in [9.17, 15) is 9.18 Å². The Hall–Kier alpha value is -1.76. The molecule has 1 aromatic rings. The molecule has 5 nitrogen and oxygen atoms in total. The summed E-state index contributed by atoms with van der Waals surface area (Å²) in [5.41, 5.74) is 2.15. The van der Waals surface area contributed by atoms with Gasteiger partial charge in [-0.05, 0) is 63.1 Å². The molecule has 4 aliphatic rings. The molecule has 1 atom stereocenters. The monoisotopic (exact) mass is 458 g/mol. The van der Waals surface area contributed by atoms with Crippen LogP contribution in [0.3, 0.4) is 0 Å². The van der Waals surface area contributed by atoms with Gasteiger partial charge in [-0.25, -0.2) is 9.18 Å². The lowest BCUT2D eigenvalue weighted by molar-refractivity contribution is 0.0730. The van der Waals surface area contributed by atoms with E-state index in [-0.39, 0.29) is 6.03 Å². The minimum atomic E-state index is -1.25. The van der Waals surface area contributed by atoms with Crippen LogP contribution < -0.4 is 5.32 Å². The quantitative estimate of drug-likeness (QED) is 0.387. The Morgan fingerprint density at radius 2 is 1.91 bits per heavy atom. The number of halogens is 1. The maximum atomic E-state index is 13.9. The van der Waals surface area contributed by atoms with Gasteiger partial charge in [0.2, 0.25) is 0 Å². The molecule has 174 valence electrons. The molecule has 0 radical (unpaired) electrons. The van der Waals surface area contributed by atoms with Gasteiger partial charge >= 0.3 is 6.03 Å². The summed E-state index contributed by atoms with van der Waals surface area (Å²) >= 11 is 1.27. The van der Waals surface area contributed by atoms with Crippen LogP contribution in [0.1, 0.15) is 45.6 Å². The molecule has 2 amide bonds. The summed E-state index contributed by atoms with van der Waals surface area (Å²) in [7, 11) is 1.83. The van der Waals surface area contributed by atoms with Crippen LogP contribution in [0.15, 0.2) is 34.2 Å². The lowest BCUT2D eigenvalue weighted by Gasteiger charge is -2.43. The van der Waals surface area contributed by atoms with Crippen molar-refractivity contribution < 1.29 is 9.18 Å². The molecule has 2 aliphatic carbocycles. The Morgan fingerprint density at radius 3 is 2.50 bits per heavy atom. The lowest BCUT2D eigenvalue weighted by Crippen LogP contribution is -2.56. The predicted molar refractivity (Wildman–Crippen MR) is 128 cm³/mol. The molecule has 2 heterocycles. The third-order valence-electron chi connectivity index (χ3n) is 8.08. The fraction of sp³-hybridized carbons (Fsp3) is 0.680. The first-order valence-electron chi connectivity index (χ1n) is 11.9. The number of alkyl halides is 1. The summed E-state index contributed by atoms with van der Waals surface area (Å²) in [4.78, 5) is 22.4. The highest BCUT2D eigenvalue weighted by atomic mass is 32.2. The zero-order chi connectivity index (χ0) is 22.7. The maximum absolute atomic E-state index is 13.9. The number of thioether (sulfide) groups is 1. The average Bonchev–Trinajstić information content (AvgIpc) is 3.42. The van der Waals surface area contributed by atoms with Gasteiger partial charge in [0.15, 0.2) is 5.00 Å². The zero-order valence-corrected chi connectivity index (χ0v) is 20.5. The maximum Gasteiger partial charge on any atom is 0.320 e. The Bertz CT molecular complexity index is 913. The van der Waals surface area contributed by atoms with Crippen molar-refractivity contribution in [2.24, 2.45) is 22.2 Å². The van der Waals surface area contributed by atoms with Gasteiger partial charge in [-0.1, -0.05) is 23.9 Å². The number of rotatable bonds is 6. The Morgan fingerprint density at radius 1 is 1.22 bits per heavy atom. The number of amidine groups is 1. The fourth-order valence-electron chi connectivity index (χ4n) is 6.16. The number of hydrogen-bond donors (Lipinski definition) is 1. The fourth-order valence-corrected chi connectivity index (χ4v) is 6.99. The molecule has 2 saturated carbocycles. The van der Waals surface area contributed by atoms with Crippen molar-refractivity contribution >= 4 is 23.6 Å². The summed E-state index contributed by atoms with van der Waals surface area (Å²) in [5, 5.41) is 2.09. The molecule has 32 heavy (non-hydrogen) atoms. The highest BCUT2D eigenvalue weighted by molar-refractivity contribution is 8.00. The first kappa shape index (κ1) is 22.1. The van der Waals surface area contributed by atoms with Crippen molar-refractivity contribution in [3.8, 4) is 0 Å². The summed E-state index contributed by atoms with van der Waals surface area (Å²) in [5.74, 6) is 1.99. The van der Waals surface area contributed by atoms with Crippen LogP contribution in [-0.2, 0) is 5.41 Å². The number of carbonyl (C=O) groups excluding carboxylic acids is 1. The number of hydrogen-bond acceptors (Lipinski definition) is 3. The van der Waals surface area contributed by atoms with Crippen LogP contribution in [-0.4, -0.2) is 66.4 Å². The Kier molecular flexibility index (Phi) is 5.27. The van der Waals surface area contributed by atoms with Gasteiger partial charge in [0.25, 0.3) is 0 Å². The van der Waals surface area contributed by atoms with Gasteiger partial charge in [0.1, 0.15) is 5.84 Å². The van der Waals surface area contributed by atoms with Crippen molar-refractivity contribution in [2.45, 2.75) is 55.3 Å². The lowest BCUT2D eigenvalue weighted by atomic mass is 9.88. The minimum absolute atomic E-state index is 0.203. The molecular formula is C25H35FN4OS. The Labute approximate surface area is 195 Å². The molecule has 1 unspecified atom stereocenters. The number of likely N-dealkylation sites (tertiary alicyclic amines) is 2. The largest absolute Gasteiger partial charge is 0.374 e. The number of nitrogens with zero attached hydrogens (tertiary/aromatic N) is 3. The standard InChI is InChI=1S/C25H35FN4OS/c1-5-28-21(27-4)17-10-11-29(12-17)22(31)30-13-19(14-30)25-15-24(25,16-25)18-6-8-20(9-7-18)32-23(2,3)26/h6-9,17,19H,5,10-16H2,1-4H3,(H,27,28). The number of fused-ring (bicyclic) bond motifs is 1. The summed E-state index contributed by atoms with van der Waals surface area (Å²) in [6, 6.07) is 8.74. The van der Waals surface area contributed by atoms with E-state index in [1.54, 1.807) is 13.8 Å². The first-order valence-corrected chi connectivity index (χ1v) is 12.8. The van der Waals surface area contributed by atoms with Crippen LogP contribution >= 0.6 is 11.8 Å². The van der Waals surface area contributed by atoms with Crippen molar-refractivity contribution in [1.82, 2.24) is 15.1 Å². The number of carbonyl (C=O) groups is 1. The third kappa shape index (κ3) is 3.61. The molecule has 0 bridgehead atoms. The molecule has 0 aromatic heterocycles. The van der Waals surface area contributed by atoms with E-state index < -0.39 is 5.00 Å². The van der Waals surface area contributed by atoms with E-state index in [2.05, 4.69) is 41.5 Å². The number of benzene rings is 1. The number of amides is 2. The van der Waals surface area contributed by atoms with E-state index in [0.29, 0.717) is 22.7 Å². The third-order valence-corrected chi connectivity index (χ3v) is 9.08. The topological polar surface area (TPSA) is 47.9 Å². The van der Waals surface area contributed by atoms with Crippen molar-refractivity contribution in [3.05, 3.63) is 29.8 Å². The van der Waals surface area contributed by atoms with Crippen molar-refractivity contribution in [3.63, 3.8) is 0 Å². The predicted octanol–water partition coefficient (Wildman–Crippen LogP) is 4.53. The van der Waals surface area contributed by atoms with E-state index >= 15 is 0 Å². The second-order valence-electron chi connectivity index (χ2n) is 10.5. The van der Waals surface area contributed by atoms with Gasteiger partial charge in [0, 0.05) is 61.9 Å². The number of nitrogens with one attached hydrogen (secondary N) is 1. The van der Waals surface area contributed by atoms with Crippen LogP contribution in [0.25, 0.3) is 0 Å². The zero-order valence-electron chi connectivity index (χ0n) is 19.7. The average molecular weight is 459 g/mol. The molecular weight excluding hydrogens is 423 g/mol. The second-order valence-corrected chi connectivity index (χ2v) is 12.2. The normalized spacial score (nSPS) is 31.9. The van der Waals surface area contributed by atoms with E-state index in [4.69, 9.17) is 0 Å². The second kappa shape index (κ2) is 7.64. The highest BCUT2D eigenvalue weighted by Gasteiger charge is 2.86. The molecule has 5 rings (SSSR count). The van der Waals surface area contributed by atoms with Crippen LogP contribution in [0, 0.1) is 17.3 Å². The van der Waals surface area contributed by atoms with Gasteiger partial charge in [-0.3, -0.25) is 4.99 Å². The first-order chi connectivity index (χ1) is 15.2. The molecule has 4 fully saturated rings. The molecule has 2 saturated heterocycles. The van der Waals surface area contributed by atoms with E-state index in [0.717, 1.165) is 49.9 Å². The smallest absolute Gasteiger partial charge is 0.320 e. The Balaban J connectivity index is 1.13. The van der Waals surface area contributed by atoms with Crippen molar-refractivity contribution in [2.75, 3.05) is 39.8 Å². The molecule has 2 aliphatic heterocycles. The molecule has 7 heteroatoms. The number of urea groups is 1. The van der Waals surface area contributed by atoms with Gasteiger partial charge in [-0.2, -0.15) is 0 Å². The molecule has 1 N–H and O–H groups in total. The summed E-state index contributed by atoms with van der Waals surface area (Å²) in [6.45, 7) is 9.53. The van der Waals surface area contributed by atoms with E-state index in [1.807, 2.05) is 16.8 Å². The number of aliphatic imine (C=N–C) groups is 1. The minimum Gasteiger partial charge on any atom is -0.374 e. The van der Waals surface area contributed by atoms with Gasteiger partial charge in [-0.15, -0.1) is 0 Å². The van der Waals surface area contributed by atoms with Crippen LogP contribution in [0.4, 0.5) is 9.18 Å². The molecule has 0 spiro atoms. The van der Waals surface area contributed by atoms with E-state index in [1.165, 1.54) is 30.2 Å². The van der Waals surface area contributed by atoms with Gasteiger partial charge in [0.05, 0.1) is 0 Å². The summed E-state index contributed by atoms with van der Waals surface area (Å²) in [6.07, 6.45) is 3.49. The SMILES string of the molecule is CCNC(=NC)C1CCN(C(=O)N2CC(C34CC3(c3ccc(SC(C)(C)F)cc3)C4)C2)C1. The molecule has 1 aromatic carbocycles.